The zero-order valence-electron chi connectivity index (χ0n) is 21.3. The number of aliphatic hydroxyl groups excluding tert-OH is 1. The Kier molecular flexibility index (Phi) is 7.36. The van der Waals surface area contributed by atoms with Crippen LogP contribution in [0, 0.1) is 6.92 Å². The number of hydrogen-bond acceptors (Lipinski definition) is 2. The Morgan fingerprint density at radius 1 is 0.667 bits per heavy atom. The predicted molar refractivity (Wildman–Crippen MR) is 149 cm³/mol. The van der Waals surface area contributed by atoms with E-state index in [-0.39, 0.29) is 17.4 Å². The van der Waals surface area contributed by atoms with E-state index in [2.05, 4.69) is 127 Å². The lowest BCUT2D eigenvalue weighted by molar-refractivity contribution is 0.0983. The molecule has 0 amide bonds. The van der Waals surface area contributed by atoms with Crippen molar-refractivity contribution in [2.24, 2.45) is 0 Å². The molecule has 184 valence electrons. The van der Waals surface area contributed by atoms with Crippen LogP contribution in [-0.2, 0) is 10.8 Å². The van der Waals surface area contributed by atoms with Gasteiger partial charge in [0, 0.05) is 10.8 Å². The smallest absolute Gasteiger partial charge is 0.0528 e. The number of benzene rings is 4. The second kappa shape index (κ2) is 10.8. The summed E-state index contributed by atoms with van der Waals surface area (Å²) in [6, 6.07) is 41.8. The van der Waals surface area contributed by atoms with E-state index in [0.29, 0.717) is 0 Å². The van der Waals surface area contributed by atoms with Gasteiger partial charge in [-0.2, -0.15) is 0 Å². The highest BCUT2D eigenvalue weighted by Gasteiger charge is 2.39. The van der Waals surface area contributed by atoms with Crippen LogP contribution in [0.5, 0.6) is 0 Å². The molecule has 0 spiro atoms. The van der Waals surface area contributed by atoms with Crippen LogP contribution in [0.25, 0.3) is 0 Å². The minimum absolute atomic E-state index is 0.125. The summed E-state index contributed by atoms with van der Waals surface area (Å²) >= 11 is 0. The maximum absolute atomic E-state index is 10.4. The Balaban J connectivity index is 1.43. The van der Waals surface area contributed by atoms with Crippen molar-refractivity contribution in [3.8, 4) is 0 Å². The third kappa shape index (κ3) is 4.76. The van der Waals surface area contributed by atoms with Crippen molar-refractivity contribution in [1.82, 2.24) is 4.90 Å². The predicted octanol–water partition coefficient (Wildman–Crippen LogP) is 6.75. The van der Waals surface area contributed by atoms with Crippen LogP contribution in [0.2, 0.25) is 0 Å². The number of piperidine rings is 1. The first-order valence-corrected chi connectivity index (χ1v) is 13.2. The summed E-state index contributed by atoms with van der Waals surface area (Å²) in [4.78, 5) is 2.60. The van der Waals surface area contributed by atoms with E-state index in [0.717, 1.165) is 38.9 Å². The molecule has 0 bridgehead atoms. The molecule has 0 unspecified atom stereocenters. The average molecular weight is 476 g/mol. The largest absolute Gasteiger partial charge is 0.395 e. The molecule has 0 radical (unpaired) electrons. The van der Waals surface area contributed by atoms with Gasteiger partial charge in [-0.3, -0.25) is 0 Å². The monoisotopic (exact) mass is 475 g/mol. The second-order valence-electron chi connectivity index (χ2n) is 10.4. The Hall–Kier alpha value is -3.20. The van der Waals surface area contributed by atoms with Crippen LogP contribution in [0.15, 0.2) is 115 Å². The molecule has 0 atom stereocenters. The molecule has 2 nitrogen and oxygen atoms in total. The first-order valence-electron chi connectivity index (χ1n) is 13.2. The highest BCUT2D eigenvalue weighted by Crippen LogP contribution is 2.43. The molecule has 0 aliphatic carbocycles. The van der Waals surface area contributed by atoms with Crippen LogP contribution >= 0.6 is 0 Å². The average Bonchev–Trinajstić information content (AvgIpc) is 2.96. The minimum atomic E-state index is -0.216. The fraction of sp³-hybridized carbons (Fsp3) is 0.294. The Morgan fingerprint density at radius 3 is 1.53 bits per heavy atom. The SMILES string of the molecule is Cc1ccc(C2(CO)CCN(CCC(c3ccccc3)(c3ccccc3)c3ccccc3)CC2)cc1. The van der Waals surface area contributed by atoms with Gasteiger partial charge < -0.3 is 10.0 Å². The van der Waals surface area contributed by atoms with Gasteiger partial charge in [0.1, 0.15) is 0 Å². The molecule has 36 heavy (non-hydrogen) atoms. The molecule has 1 heterocycles. The number of nitrogens with zero attached hydrogens (tertiary/aromatic N) is 1. The topological polar surface area (TPSA) is 23.5 Å². The molecule has 5 rings (SSSR count). The van der Waals surface area contributed by atoms with Crippen molar-refractivity contribution in [2.45, 2.75) is 37.0 Å². The molecule has 0 saturated carbocycles. The van der Waals surface area contributed by atoms with Gasteiger partial charge >= 0.3 is 0 Å². The fourth-order valence-electron chi connectivity index (χ4n) is 6.08. The van der Waals surface area contributed by atoms with Gasteiger partial charge in [0.05, 0.1) is 6.61 Å². The molecular weight excluding hydrogens is 438 g/mol. The van der Waals surface area contributed by atoms with E-state index < -0.39 is 0 Å². The summed E-state index contributed by atoms with van der Waals surface area (Å²) in [5.41, 5.74) is 6.22. The third-order valence-corrected chi connectivity index (χ3v) is 8.38. The van der Waals surface area contributed by atoms with Gasteiger partial charge in [-0.1, -0.05) is 121 Å². The van der Waals surface area contributed by atoms with Crippen LogP contribution in [-0.4, -0.2) is 36.2 Å². The van der Waals surface area contributed by atoms with Gasteiger partial charge in [0.25, 0.3) is 0 Å². The molecule has 1 N–H and O–H groups in total. The molecule has 1 aliphatic rings. The van der Waals surface area contributed by atoms with Crippen molar-refractivity contribution in [2.75, 3.05) is 26.2 Å². The maximum Gasteiger partial charge on any atom is 0.0528 e. The zero-order valence-corrected chi connectivity index (χ0v) is 21.3. The van der Waals surface area contributed by atoms with Gasteiger partial charge in [0.2, 0.25) is 0 Å². The summed E-state index contributed by atoms with van der Waals surface area (Å²) in [6.07, 6.45) is 2.98. The number of likely N-dealkylation sites (tertiary alicyclic amines) is 1. The van der Waals surface area contributed by atoms with E-state index in [4.69, 9.17) is 0 Å². The van der Waals surface area contributed by atoms with Gasteiger partial charge in [-0.05, 0) is 68.1 Å². The number of aliphatic hydroxyl groups is 1. The second-order valence-corrected chi connectivity index (χ2v) is 10.4. The van der Waals surface area contributed by atoms with Gasteiger partial charge in [-0.25, -0.2) is 0 Å². The summed E-state index contributed by atoms with van der Waals surface area (Å²) in [5, 5.41) is 10.4. The molecule has 4 aromatic rings. The lowest BCUT2D eigenvalue weighted by atomic mass is 9.67. The molecule has 2 heteroatoms. The molecule has 1 fully saturated rings. The van der Waals surface area contributed by atoms with Crippen molar-refractivity contribution >= 4 is 0 Å². The van der Waals surface area contributed by atoms with Crippen LogP contribution in [0.4, 0.5) is 0 Å². The molecule has 1 aliphatic heterocycles. The van der Waals surface area contributed by atoms with Crippen molar-refractivity contribution < 1.29 is 5.11 Å². The highest BCUT2D eigenvalue weighted by atomic mass is 16.3. The van der Waals surface area contributed by atoms with E-state index >= 15 is 0 Å². The lowest BCUT2D eigenvalue weighted by Crippen LogP contribution is -2.46. The molecule has 1 saturated heterocycles. The van der Waals surface area contributed by atoms with Crippen LogP contribution in [0.1, 0.15) is 47.1 Å². The number of rotatable bonds is 8. The summed E-state index contributed by atoms with van der Waals surface area (Å²) in [6.45, 7) is 5.35. The lowest BCUT2D eigenvalue weighted by Gasteiger charge is -2.43. The molecule has 0 aromatic heterocycles. The first-order chi connectivity index (χ1) is 17.7. The summed E-state index contributed by atoms with van der Waals surface area (Å²) in [7, 11) is 0. The fourth-order valence-corrected chi connectivity index (χ4v) is 6.08. The van der Waals surface area contributed by atoms with Gasteiger partial charge in [0.15, 0.2) is 0 Å². The maximum atomic E-state index is 10.4. The van der Waals surface area contributed by atoms with Crippen molar-refractivity contribution in [3.05, 3.63) is 143 Å². The summed E-state index contributed by atoms with van der Waals surface area (Å²) < 4.78 is 0. The van der Waals surface area contributed by atoms with E-state index in [1.54, 1.807) is 0 Å². The Labute approximate surface area is 216 Å². The highest BCUT2D eigenvalue weighted by molar-refractivity contribution is 5.50. The zero-order chi connectivity index (χ0) is 24.8. The van der Waals surface area contributed by atoms with Crippen molar-refractivity contribution in [1.29, 1.82) is 0 Å². The van der Waals surface area contributed by atoms with E-state index in [1.165, 1.54) is 27.8 Å². The Bertz CT molecular complexity index is 1110. The van der Waals surface area contributed by atoms with E-state index in [1.807, 2.05) is 0 Å². The quantitative estimate of drug-likeness (QED) is 0.285. The normalized spacial score (nSPS) is 16.1. The molecular formula is C34H37NO. The Morgan fingerprint density at radius 2 is 1.11 bits per heavy atom. The van der Waals surface area contributed by atoms with E-state index in [9.17, 15) is 5.11 Å². The first kappa shape index (κ1) is 24.5. The number of hydrogen-bond donors (Lipinski definition) is 1. The molecule has 4 aromatic carbocycles. The minimum Gasteiger partial charge on any atom is -0.395 e. The van der Waals surface area contributed by atoms with Crippen LogP contribution in [0.3, 0.4) is 0 Å². The summed E-state index contributed by atoms with van der Waals surface area (Å²) in [5.74, 6) is 0. The number of aryl methyl sites for hydroxylation is 1. The van der Waals surface area contributed by atoms with Crippen LogP contribution < -0.4 is 0 Å². The third-order valence-electron chi connectivity index (χ3n) is 8.38. The van der Waals surface area contributed by atoms with Gasteiger partial charge in [-0.15, -0.1) is 0 Å². The standard InChI is InChI=1S/C34H37NO/c1-28-17-19-29(20-18-28)33(27-36)21-24-35(25-22-33)26-23-34(30-11-5-2-6-12-30,31-13-7-3-8-14-31)32-15-9-4-10-16-32/h2-20,36H,21-27H2,1H3. The van der Waals surface area contributed by atoms with Crippen molar-refractivity contribution in [3.63, 3.8) is 0 Å².